The number of hydrogen-bond acceptors (Lipinski definition) is 3. The molecule has 0 spiro atoms. The number of hydrogen-bond donors (Lipinski definition) is 1. The molecule has 0 aromatic carbocycles. The molecule has 0 amide bonds. The zero-order valence-corrected chi connectivity index (χ0v) is 9.82. The van der Waals surface area contributed by atoms with Gasteiger partial charge in [0.05, 0.1) is 5.92 Å². The van der Waals surface area contributed by atoms with Crippen molar-refractivity contribution in [2.75, 3.05) is 26.8 Å². The molecule has 1 aliphatic heterocycles. The van der Waals surface area contributed by atoms with E-state index in [9.17, 15) is 4.79 Å². The van der Waals surface area contributed by atoms with Crippen molar-refractivity contribution in [3.05, 3.63) is 0 Å². The lowest BCUT2D eigenvalue weighted by Crippen LogP contribution is -2.39. The van der Waals surface area contributed by atoms with Crippen molar-refractivity contribution in [1.82, 2.24) is 4.90 Å². The van der Waals surface area contributed by atoms with Crippen LogP contribution in [0.25, 0.3) is 0 Å². The molecular formula is C11H21NO3. The lowest BCUT2D eigenvalue weighted by atomic mass is 9.96. The molecule has 0 aromatic heterocycles. The van der Waals surface area contributed by atoms with Crippen LogP contribution >= 0.6 is 0 Å². The van der Waals surface area contributed by atoms with Crippen LogP contribution in [0.3, 0.4) is 0 Å². The summed E-state index contributed by atoms with van der Waals surface area (Å²) in [6, 6.07) is 0. The van der Waals surface area contributed by atoms with Crippen molar-refractivity contribution in [2.24, 2.45) is 5.92 Å². The van der Waals surface area contributed by atoms with Gasteiger partial charge in [0, 0.05) is 32.3 Å². The highest BCUT2D eigenvalue weighted by Crippen LogP contribution is 2.32. The van der Waals surface area contributed by atoms with Gasteiger partial charge < -0.3 is 9.84 Å². The number of aliphatic carboxylic acids is 1. The first-order chi connectivity index (χ1) is 6.97. The van der Waals surface area contributed by atoms with Crippen molar-refractivity contribution in [3.8, 4) is 0 Å². The molecule has 1 rings (SSSR count). The van der Waals surface area contributed by atoms with Crippen LogP contribution in [0.5, 0.6) is 0 Å². The molecule has 1 aliphatic rings. The van der Waals surface area contributed by atoms with E-state index in [1.807, 2.05) is 0 Å². The molecular weight excluding hydrogens is 194 g/mol. The fraction of sp³-hybridized carbons (Fsp3) is 0.909. The van der Waals surface area contributed by atoms with Crippen LogP contribution in [-0.4, -0.2) is 48.3 Å². The second-order valence-corrected chi connectivity index (χ2v) is 4.84. The predicted octanol–water partition coefficient (Wildman–Crippen LogP) is 1.21. The Morgan fingerprint density at radius 3 is 2.73 bits per heavy atom. The van der Waals surface area contributed by atoms with Crippen molar-refractivity contribution in [1.29, 1.82) is 0 Å². The maximum atomic E-state index is 10.9. The quantitative estimate of drug-likeness (QED) is 0.700. The van der Waals surface area contributed by atoms with E-state index in [1.54, 1.807) is 7.11 Å². The van der Waals surface area contributed by atoms with Crippen LogP contribution in [-0.2, 0) is 9.53 Å². The molecule has 0 saturated carbocycles. The van der Waals surface area contributed by atoms with Gasteiger partial charge in [-0.15, -0.1) is 0 Å². The van der Waals surface area contributed by atoms with E-state index in [2.05, 4.69) is 18.7 Å². The second-order valence-electron chi connectivity index (χ2n) is 4.84. The van der Waals surface area contributed by atoms with Crippen molar-refractivity contribution in [2.45, 2.75) is 32.2 Å². The number of ether oxygens (including phenoxy) is 1. The number of carboxylic acid groups (broad SMARTS) is 1. The molecule has 1 unspecified atom stereocenters. The summed E-state index contributed by atoms with van der Waals surface area (Å²) in [6.07, 6.45) is 1.71. The van der Waals surface area contributed by atoms with Crippen LogP contribution < -0.4 is 0 Å². The summed E-state index contributed by atoms with van der Waals surface area (Å²) in [6.45, 7) is 6.56. The van der Waals surface area contributed by atoms with E-state index in [-0.39, 0.29) is 11.5 Å². The van der Waals surface area contributed by atoms with E-state index in [4.69, 9.17) is 9.84 Å². The second kappa shape index (κ2) is 4.94. The minimum atomic E-state index is -0.669. The van der Waals surface area contributed by atoms with Crippen LogP contribution in [0.4, 0.5) is 0 Å². The Bertz CT molecular complexity index is 228. The fourth-order valence-electron chi connectivity index (χ4n) is 2.27. The van der Waals surface area contributed by atoms with Gasteiger partial charge in [0.1, 0.15) is 0 Å². The lowest BCUT2D eigenvalue weighted by Gasteiger charge is -2.31. The maximum absolute atomic E-state index is 10.9. The molecule has 1 saturated heterocycles. The normalized spacial score (nSPS) is 25.7. The van der Waals surface area contributed by atoms with Gasteiger partial charge in [-0.3, -0.25) is 9.69 Å². The Kier molecular flexibility index (Phi) is 4.11. The Labute approximate surface area is 91.2 Å². The fourth-order valence-corrected chi connectivity index (χ4v) is 2.27. The Balaban J connectivity index is 2.46. The molecule has 1 fully saturated rings. The van der Waals surface area contributed by atoms with Crippen molar-refractivity contribution < 1.29 is 14.6 Å². The molecule has 88 valence electrons. The smallest absolute Gasteiger partial charge is 0.307 e. The molecule has 4 heteroatoms. The first-order valence-electron chi connectivity index (χ1n) is 5.44. The van der Waals surface area contributed by atoms with E-state index < -0.39 is 5.97 Å². The van der Waals surface area contributed by atoms with Gasteiger partial charge >= 0.3 is 5.97 Å². The van der Waals surface area contributed by atoms with E-state index >= 15 is 0 Å². The summed E-state index contributed by atoms with van der Waals surface area (Å²) in [5.41, 5.74) is 0.0107. The topological polar surface area (TPSA) is 49.8 Å². The minimum absolute atomic E-state index is 0.0107. The maximum Gasteiger partial charge on any atom is 0.307 e. The highest BCUT2D eigenvalue weighted by molar-refractivity contribution is 5.70. The van der Waals surface area contributed by atoms with Crippen LogP contribution in [0.1, 0.15) is 26.7 Å². The van der Waals surface area contributed by atoms with Gasteiger partial charge in [-0.05, 0) is 26.7 Å². The van der Waals surface area contributed by atoms with E-state index in [1.165, 1.54) is 0 Å². The molecule has 1 N–H and O–H groups in total. The van der Waals surface area contributed by atoms with Gasteiger partial charge in [0.15, 0.2) is 0 Å². The average molecular weight is 215 g/mol. The summed E-state index contributed by atoms with van der Waals surface area (Å²) < 4.78 is 5.00. The zero-order chi connectivity index (χ0) is 11.5. The first kappa shape index (κ1) is 12.5. The van der Waals surface area contributed by atoms with E-state index in [0.717, 1.165) is 26.0 Å². The van der Waals surface area contributed by atoms with E-state index in [0.29, 0.717) is 6.54 Å². The van der Waals surface area contributed by atoms with Gasteiger partial charge in [-0.25, -0.2) is 0 Å². The van der Waals surface area contributed by atoms with Gasteiger partial charge in [0.2, 0.25) is 0 Å². The molecule has 0 aliphatic carbocycles. The number of rotatable bonds is 5. The van der Waals surface area contributed by atoms with Crippen LogP contribution in [0, 0.1) is 5.92 Å². The van der Waals surface area contributed by atoms with Crippen molar-refractivity contribution in [3.63, 3.8) is 0 Å². The summed E-state index contributed by atoms with van der Waals surface area (Å²) >= 11 is 0. The number of methoxy groups -OCH3 is 1. The number of carbonyl (C=O) groups is 1. The molecule has 1 heterocycles. The summed E-state index contributed by atoms with van der Waals surface area (Å²) in [5.74, 6) is -0.875. The summed E-state index contributed by atoms with van der Waals surface area (Å²) in [5, 5.41) is 8.98. The molecule has 1 atom stereocenters. The minimum Gasteiger partial charge on any atom is -0.481 e. The molecule has 4 nitrogen and oxygen atoms in total. The number of likely N-dealkylation sites (tertiary alicyclic amines) is 1. The molecule has 15 heavy (non-hydrogen) atoms. The van der Waals surface area contributed by atoms with Gasteiger partial charge in [-0.2, -0.15) is 0 Å². The standard InChI is InChI=1S/C11H21NO3/c1-11(2)7-9(10(13)14)8-12(11)5-4-6-15-3/h9H,4-8H2,1-3H3,(H,13,14). The van der Waals surface area contributed by atoms with Crippen molar-refractivity contribution >= 4 is 5.97 Å². The largest absolute Gasteiger partial charge is 0.481 e. The summed E-state index contributed by atoms with van der Waals surface area (Å²) in [4.78, 5) is 13.2. The number of nitrogens with zero attached hydrogens (tertiary/aromatic N) is 1. The lowest BCUT2D eigenvalue weighted by molar-refractivity contribution is -0.141. The average Bonchev–Trinajstić information content (AvgIpc) is 2.43. The third-order valence-corrected chi connectivity index (χ3v) is 3.17. The monoisotopic (exact) mass is 215 g/mol. The van der Waals surface area contributed by atoms with Crippen LogP contribution in [0.2, 0.25) is 0 Å². The SMILES string of the molecule is COCCCN1CC(C(=O)O)CC1(C)C. The molecule has 0 aromatic rings. The Morgan fingerprint density at radius 1 is 1.60 bits per heavy atom. The first-order valence-corrected chi connectivity index (χ1v) is 5.44. The van der Waals surface area contributed by atoms with Gasteiger partial charge in [0.25, 0.3) is 0 Å². The third-order valence-electron chi connectivity index (χ3n) is 3.17. The van der Waals surface area contributed by atoms with Crippen LogP contribution in [0.15, 0.2) is 0 Å². The Hall–Kier alpha value is -0.610. The number of carboxylic acids is 1. The zero-order valence-electron chi connectivity index (χ0n) is 9.82. The third kappa shape index (κ3) is 3.18. The predicted molar refractivity (Wildman–Crippen MR) is 57.9 cm³/mol. The van der Waals surface area contributed by atoms with Gasteiger partial charge in [-0.1, -0.05) is 0 Å². The highest BCUT2D eigenvalue weighted by atomic mass is 16.5. The molecule has 0 bridgehead atoms. The Morgan fingerprint density at radius 2 is 2.27 bits per heavy atom. The molecule has 0 radical (unpaired) electrons. The summed E-state index contributed by atoms with van der Waals surface area (Å²) in [7, 11) is 1.69. The highest BCUT2D eigenvalue weighted by Gasteiger charge is 2.40.